The van der Waals surface area contributed by atoms with Gasteiger partial charge in [-0.1, -0.05) is 79.8 Å². The van der Waals surface area contributed by atoms with Gasteiger partial charge >= 0.3 is 29.6 Å². The van der Waals surface area contributed by atoms with Crippen molar-refractivity contribution in [3.8, 4) is 22.4 Å². The van der Waals surface area contributed by atoms with Crippen molar-refractivity contribution in [3.05, 3.63) is 84.1 Å². The van der Waals surface area contributed by atoms with Gasteiger partial charge in [0.1, 0.15) is 5.92 Å². The molecule has 0 amide bonds. The minimum Gasteiger partial charge on any atom is -0.255 e. The van der Waals surface area contributed by atoms with Gasteiger partial charge in [-0.3, -0.25) is 4.98 Å². The summed E-state index contributed by atoms with van der Waals surface area (Å²) in [4.78, 5) is 5.28. The maximum absolute atomic E-state index is 15.3. The molecule has 6 rings (SSSR count). The Labute approximate surface area is 273 Å². The minimum atomic E-state index is -7.05. The summed E-state index contributed by atoms with van der Waals surface area (Å²) in [5, 5.41) is -1.01. The molecule has 2 fully saturated rings. The first-order chi connectivity index (χ1) is 22.1. The van der Waals surface area contributed by atoms with Crippen LogP contribution in [0.25, 0.3) is 33.2 Å². The van der Waals surface area contributed by atoms with Crippen LogP contribution in [0.1, 0.15) is 42.7 Å². The first-order valence-electron chi connectivity index (χ1n) is 15.1. The topological polar surface area (TPSA) is 12.9 Å². The molecular weight excluding hydrogens is 667 g/mol. The van der Waals surface area contributed by atoms with Gasteiger partial charge in [-0.2, -0.15) is 43.9 Å². The zero-order valence-corrected chi connectivity index (χ0v) is 26.9. The van der Waals surface area contributed by atoms with Crippen LogP contribution in [0.15, 0.2) is 77.8 Å². The molecule has 0 bridgehead atoms. The van der Waals surface area contributed by atoms with Gasteiger partial charge in [0.25, 0.3) is 0 Å². The predicted octanol–water partition coefficient (Wildman–Crippen LogP) is 10.8. The van der Waals surface area contributed by atoms with Crippen molar-refractivity contribution in [2.45, 2.75) is 71.4 Å². The highest BCUT2D eigenvalue weighted by Crippen LogP contribution is 2.70. The molecule has 3 aromatic carbocycles. The van der Waals surface area contributed by atoms with Crippen molar-refractivity contribution < 1.29 is 43.9 Å². The summed E-state index contributed by atoms with van der Waals surface area (Å²) >= 11 is 0. The van der Waals surface area contributed by atoms with E-state index in [1.165, 1.54) is 30.5 Å². The molecule has 2 aliphatic rings. The molecule has 0 atom stereocenters. The van der Waals surface area contributed by atoms with E-state index in [0.29, 0.717) is 11.6 Å². The van der Waals surface area contributed by atoms with E-state index >= 15 is 17.6 Å². The highest BCUT2D eigenvalue weighted by atomic mass is 32.3. The van der Waals surface area contributed by atoms with Gasteiger partial charge in [-0.25, -0.2) is 10.0 Å². The third kappa shape index (κ3) is 4.88. The Morgan fingerprint density at radius 1 is 0.688 bits per heavy atom. The summed E-state index contributed by atoms with van der Waals surface area (Å²) in [7, 11) is 5.16. The molecule has 2 radical (unpaired) electrons. The van der Waals surface area contributed by atoms with E-state index in [4.69, 9.17) is 7.85 Å². The van der Waals surface area contributed by atoms with Crippen LogP contribution in [0, 0.1) is 0 Å². The van der Waals surface area contributed by atoms with Crippen LogP contribution in [-0.2, 0) is 5.31 Å². The lowest BCUT2D eigenvalue weighted by Gasteiger charge is -2.50. The van der Waals surface area contributed by atoms with Crippen LogP contribution in [0.3, 0.4) is 0 Å². The molecule has 0 spiro atoms. The van der Waals surface area contributed by atoms with Gasteiger partial charge in [0, 0.05) is 16.7 Å². The van der Waals surface area contributed by atoms with E-state index in [9.17, 15) is 26.3 Å². The van der Waals surface area contributed by atoms with Crippen molar-refractivity contribution in [3.63, 3.8) is 0 Å². The van der Waals surface area contributed by atoms with Gasteiger partial charge in [-0.15, -0.1) is 0 Å². The fourth-order valence-corrected chi connectivity index (χ4v) is 8.12. The molecule has 1 nitrogen and oxygen atoms in total. The average molecular weight is 697 g/mol. The van der Waals surface area contributed by atoms with Gasteiger partial charge < -0.3 is 0 Å². The Morgan fingerprint density at radius 3 is 1.81 bits per heavy atom. The Morgan fingerprint density at radius 2 is 1.25 bits per heavy atom. The molecule has 0 N–H and O–H groups in total. The summed E-state index contributed by atoms with van der Waals surface area (Å²) in [6, 6.07) is 16.0. The second-order valence-corrected chi connectivity index (χ2v) is 17.6. The predicted molar refractivity (Wildman–Crippen MR) is 170 cm³/mol. The zero-order chi connectivity index (χ0) is 35.3. The monoisotopic (exact) mass is 697 g/mol. The maximum atomic E-state index is 15.3. The van der Waals surface area contributed by atoms with E-state index < -0.39 is 61.8 Å². The van der Waals surface area contributed by atoms with Crippen molar-refractivity contribution in [2.75, 3.05) is 18.8 Å². The third-order valence-electron chi connectivity index (χ3n) is 9.65. The van der Waals surface area contributed by atoms with Crippen molar-refractivity contribution >= 4 is 28.6 Å². The van der Waals surface area contributed by atoms with E-state index in [2.05, 4.69) is 4.98 Å². The van der Waals surface area contributed by atoms with Crippen LogP contribution in [0.5, 0.6) is 0 Å². The first-order valence-corrected chi connectivity index (χ1v) is 17.9. The van der Waals surface area contributed by atoms with Gasteiger partial charge in [0.2, 0.25) is 0 Å². The molecule has 0 unspecified atom stereocenters. The second kappa shape index (κ2) is 10.9. The van der Waals surface area contributed by atoms with Crippen LogP contribution in [-0.4, -0.2) is 61.2 Å². The molecule has 4 aromatic rings. The van der Waals surface area contributed by atoms with E-state index in [1.54, 1.807) is 6.07 Å². The molecule has 1 heterocycles. The molecule has 2 saturated carbocycles. The lowest BCUT2D eigenvalue weighted by Crippen LogP contribution is -2.76. The van der Waals surface area contributed by atoms with Gasteiger partial charge in [0.15, 0.2) is 0 Å². The van der Waals surface area contributed by atoms with Crippen LogP contribution in [0.4, 0.5) is 43.9 Å². The molecular formula is C35H30BF10NS. The standard InChI is InChI=1S/C35H30BF10NS/c1-48(2,3)28-19-47-27(18-25(28)20-10-12-23(13-11-20)30(36)14-6-7-15-30)22-16-21-8-4-5-9-24(21)26(17-22)29-31(37,38)33(41,42)35(45,46)34(43,44)32(29,39)40/h4-5,8-13,16-19,29H,6-7,14-15H2,1-3H3. The zero-order valence-electron chi connectivity index (χ0n) is 26.0. The normalized spacial score (nSPS) is 22.9. The van der Waals surface area contributed by atoms with Crippen LogP contribution in [0.2, 0.25) is 0 Å². The highest BCUT2D eigenvalue weighted by molar-refractivity contribution is 8.32. The SMILES string of the molecule is [B]C1(c2ccc(-c3cc(-c4cc(C5C(F)(F)C(F)(F)C(F)(F)C(F)(F)C5(F)F)c5ccccc5c4)ncc3S(C)(C)C)cc2)CCCC1. The summed E-state index contributed by atoms with van der Waals surface area (Å²) in [5.74, 6) is -37.6. The number of hydrogen-bond donors (Lipinski definition) is 0. The molecule has 48 heavy (non-hydrogen) atoms. The fraction of sp³-hybridized carbons (Fsp3) is 0.400. The molecule has 1 aromatic heterocycles. The quantitative estimate of drug-likeness (QED) is 0.149. The molecule has 0 saturated heterocycles. The third-order valence-corrected chi connectivity index (χ3v) is 11.3. The lowest BCUT2D eigenvalue weighted by molar-refractivity contribution is -0.451. The molecule has 0 aliphatic heterocycles. The van der Waals surface area contributed by atoms with E-state index in [1.807, 2.05) is 43.0 Å². The number of aromatic nitrogens is 1. The Kier molecular flexibility index (Phi) is 7.86. The maximum Gasteiger partial charge on any atom is 0.384 e. The summed E-state index contributed by atoms with van der Waals surface area (Å²) in [6.45, 7) is 0. The number of nitrogens with zero attached hydrogens (tertiary/aromatic N) is 1. The summed E-state index contributed by atoms with van der Waals surface area (Å²) in [5.41, 5.74) is 0.901. The molecule has 254 valence electrons. The smallest absolute Gasteiger partial charge is 0.255 e. The second-order valence-electron chi connectivity index (χ2n) is 13.5. The number of hydrogen-bond acceptors (Lipinski definition) is 1. The lowest BCUT2D eigenvalue weighted by atomic mass is 9.63. The largest absolute Gasteiger partial charge is 0.384 e. The van der Waals surface area contributed by atoms with Crippen molar-refractivity contribution in [1.29, 1.82) is 0 Å². The minimum absolute atomic E-state index is 0.0332. The average Bonchev–Trinajstić information content (AvgIpc) is 3.46. The Hall–Kier alpha value is -3.22. The highest BCUT2D eigenvalue weighted by Gasteiger charge is 2.95. The van der Waals surface area contributed by atoms with Crippen molar-refractivity contribution in [2.24, 2.45) is 0 Å². The van der Waals surface area contributed by atoms with Crippen LogP contribution >= 0.6 is 10.0 Å². The molecule has 2 aliphatic carbocycles. The Bertz CT molecular complexity index is 1850. The fourth-order valence-electron chi connectivity index (χ4n) is 6.91. The van der Waals surface area contributed by atoms with E-state index in [0.717, 1.165) is 47.8 Å². The number of alkyl halides is 10. The van der Waals surface area contributed by atoms with E-state index in [-0.39, 0.29) is 16.6 Å². The molecule has 13 heteroatoms. The number of halogens is 10. The number of pyridine rings is 1. The Balaban J connectivity index is 1.56. The summed E-state index contributed by atoms with van der Waals surface area (Å²) < 4.78 is 148. The van der Waals surface area contributed by atoms with Gasteiger partial charge in [-0.05, 0) is 69.7 Å². The van der Waals surface area contributed by atoms with Crippen molar-refractivity contribution in [1.82, 2.24) is 4.98 Å². The summed E-state index contributed by atoms with van der Waals surface area (Å²) in [6.07, 6.45) is 11.2. The first kappa shape index (κ1) is 34.6. The number of rotatable bonds is 5. The number of fused-ring (bicyclic) bond motifs is 1. The number of benzene rings is 3. The van der Waals surface area contributed by atoms with Gasteiger partial charge in [0.05, 0.1) is 13.5 Å². The van der Waals surface area contributed by atoms with Crippen LogP contribution < -0.4 is 0 Å².